The van der Waals surface area contributed by atoms with Crippen molar-refractivity contribution in [3.8, 4) is 17.2 Å². The molecule has 0 spiro atoms. The molecule has 1 aliphatic heterocycles. The second-order valence-electron chi connectivity index (χ2n) is 7.55. The van der Waals surface area contributed by atoms with Crippen LogP contribution < -0.4 is 14.2 Å². The molecule has 35 heavy (non-hydrogen) atoms. The molecule has 2 amide bonds. The van der Waals surface area contributed by atoms with Gasteiger partial charge in [0, 0.05) is 5.02 Å². The van der Waals surface area contributed by atoms with Gasteiger partial charge in [-0.05, 0) is 72.3 Å². The minimum Gasteiger partial charge on any atom is -0.492 e. The number of ether oxygens (including phenoxy) is 3. The third-order valence-corrected chi connectivity index (χ3v) is 6.23. The Kier molecular flexibility index (Phi) is 8.34. The normalized spacial score (nSPS) is 14.5. The highest BCUT2D eigenvalue weighted by molar-refractivity contribution is 8.18. The van der Waals surface area contributed by atoms with Gasteiger partial charge in [-0.3, -0.25) is 14.5 Å². The van der Waals surface area contributed by atoms with Gasteiger partial charge in [0.15, 0.2) is 11.5 Å². The van der Waals surface area contributed by atoms with E-state index in [0.717, 1.165) is 22.9 Å². The molecular formula is C27H24ClNO5S. The van der Waals surface area contributed by atoms with Crippen molar-refractivity contribution in [1.82, 2.24) is 4.90 Å². The molecule has 180 valence electrons. The quantitative estimate of drug-likeness (QED) is 0.293. The van der Waals surface area contributed by atoms with Crippen molar-refractivity contribution < 1.29 is 23.8 Å². The summed E-state index contributed by atoms with van der Waals surface area (Å²) in [5, 5.41) is 0.354. The first-order valence-electron chi connectivity index (χ1n) is 11.1. The first-order chi connectivity index (χ1) is 17.0. The highest BCUT2D eigenvalue weighted by Gasteiger charge is 2.34. The van der Waals surface area contributed by atoms with E-state index in [4.69, 9.17) is 25.8 Å². The molecule has 0 aliphatic carbocycles. The molecule has 1 aliphatic rings. The molecule has 8 heteroatoms. The second kappa shape index (κ2) is 11.8. The highest BCUT2D eigenvalue weighted by Crippen LogP contribution is 2.35. The minimum absolute atomic E-state index is 0.179. The number of imide groups is 1. The van der Waals surface area contributed by atoms with Crippen molar-refractivity contribution in [2.45, 2.75) is 13.5 Å². The Hall–Kier alpha value is -3.42. The molecule has 0 aromatic heterocycles. The first-order valence-corrected chi connectivity index (χ1v) is 12.3. The van der Waals surface area contributed by atoms with Crippen LogP contribution in [0.25, 0.3) is 6.08 Å². The van der Waals surface area contributed by atoms with Crippen molar-refractivity contribution in [2.75, 3.05) is 19.8 Å². The average molecular weight is 510 g/mol. The summed E-state index contributed by atoms with van der Waals surface area (Å²) in [5.74, 6) is 1.50. The van der Waals surface area contributed by atoms with Gasteiger partial charge in [0.25, 0.3) is 11.1 Å². The number of para-hydroxylation sites is 1. The third kappa shape index (κ3) is 6.59. The Morgan fingerprint density at radius 2 is 1.69 bits per heavy atom. The molecule has 6 nitrogen and oxygen atoms in total. The van der Waals surface area contributed by atoms with Gasteiger partial charge in [0.05, 0.1) is 18.1 Å². The molecule has 0 unspecified atom stereocenters. The van der Waals surface area contributed by atoms with E-state index in [1.807, 2.05) is 67.6 Å². The number of rotatable bonds is 10. The molecule has 3 aromatic carbocycles. The predicted octanol–water partition coefficient (Wildman–Crippen LogP) is 6.43. The largest absolute Gasteiger partial charge is 0.492 e. The van der Waals surface area contributed by atoms with Gasteiger partial charge in [-0.1, -0.05) is 48.0 Å². The monoisotopic (exact) mass is 509 g/mol. The van der Waals surface area contributed by atoms with Crippen LogP contribution >= 0.6 is 23.4 Å². The van der Waals surface area contributed by atoms with Gasteiger partial charge in [-0.2, -0.15) is 0 Å². The summed E-state index contributed by atoms with van der Waals surface area (Å²) in [6, 6.07) is 22.1. The smallest absolute Gasteiger partial charge is 0.293 e. The molecule has 1 saturated heterocycles. The Bertz CT molecular complexity index is 1210. The first kappa shape index (κ1) is 24.7. The van der Waals surface area contributed by atoms with Crippen molar-refractivity contribution in [3.05, 3.63) is 93.9 Å². The summed E-state index contributed by atoms with van der Waals surface area (Å²) < 4.78 is 17.3. The van der Waals surface area contributed by atoms with Crippen LogP contribution in [0.5, 0.6) is 17.2 Å². The molecule has 0 saturated carbocycles. The number of hydrogen-bond acceptors (Lipinski definition) is 6. The van der Waals surface area contributed by atoms with Gasteiger partial charge < -0.3 is 14.2 Å². The van der Waals surface area contributed by atoms with Crippen LogP contribution in [0.15, 0.2) is 77.7 Å². The van der Waals surface area contributed by atoms with Crippen LogP contribution in [-0.4, -0.2) is 35.8 Å². The third-order valence-electron chi connectivity index (χ3n) is 5.07. The lowest BCUT2D eigenvalue weighted by Gasteiger charge is -2.13. The van der Waals surface area contributed by atoms with E-state index in [2.05, 4.69) is 0 Å². The standard InChI is InChI=1S/C27H24ClNO5S/c1-2-32-24-16-20(10-13-23(24)34-18-19-8-11-21(28)12-9-19)17-25-26(30)29(27(31)35-25)14-15-33-22-6-4-3-5-7-22/h3-13,16-17H,2,14-15,18H2,1H3/b25-17-. The van der Waals surface area contributed by atoms with Crippen molar-refractivity contribution in [3.63, 3.8) is 0 Å². The predicted molar refractivity (Wildman–Crippen MR) is 138 cm³/mol. The number of benzene rings is 3. The summed E-state index contributed by atoms with van der Waals surface area (Å²) in [6.07, 6.45) is 1.69. The van der Waals surface area contributed by atoms with Crippen molar-refractivity contribution >= 4 is 40.6 Å². The number of carbonyl (C=O) groups is 2. The number of amides is 2. The summed E-state index contributed by atoms with van der Waals surface area (Å²) in [4.78, 5) is 26.8. The van der Waals surface area contributed by atoms with E-state index in [-0.39, 0.29) is 24.3 Å². The van der Waals surface area contributed by atoms with Crippen molar-refractivity contribution in [1.29, 1.82) is 0 Å². The van der Waals surface area contributed by atoms with Gasteiger partial charge in [0.2, 0.25) is 0 Å². The van der Waals surface area contributed by atoms with Crippen molar-refractivity contribution in [2.24, 2.45) is 0 Å². The number of hydrogen-bond donors (Lipinski definition) is 0. The van der Waals surface area contributed by atoms with Crippen LogP contribution in [0.4, 0.5) is 4.79 Å². The van der Waals surface area contributed by atoms with E-state index < -0.39 is 0 Å². The second-order valence-corrected chi connectivity index (χ2v) is 8.98. The van der Waals surface area contributed by atoms with E-state index in [1.165, 1.54) is 4.90 Å². The van der Waals surface area contributed by atoms with Gasteiger partial charge >= 0.3 is 0 Å². The summed E-state index contributed by atoms with van der Waals surface area (Å²) in [6.45, 7) is 3.11. The lowest BCUT2D eigenvalue weighted by molar-refractivity contribution is -0.123. The zero-order chi connectivity index (χ0) is 24.6. The fourth-order valence-electron chi connectivity index (χ4n) is 3.36. The minimum atomic E-state index is -0.335. The zero-order valence-corrected chi connectivity index (χ0v) is 20.7. The van der Waals surface area contributed by atoms with Crippen LogP contribution in [-0.2, 0) is 11.4 Å². The molecule has 0 radical (unpaired) electrons. The zero-order valence-electron chi connectivity index (χ0n) is 19.1. The maximum absolute atomic E-state index is 12.8. The Morgan fingerprint density at radius 3 is 2.43 bits per heavy atom. The van der Waals surface area contributed by atoms with E-state index in [1.54, 1.807) is 18.2 Å². The molecule has 0 atom stereocenters. The molecule has 3 aromatic rings. The molecule has 0 N–H and O–H groups in total. The van der Waals surface area contributed by atoms with E-state index in [9.17, 15) is 9.59 Å². The van der Waals surface area contributed by atoms with Gasteiger partial charge in [-0.15, -0.1) is 0 Å². The lowest BCUT2D eigenvalue weighted by atomic mass is 10.1. The van der Waals surface area contributed by atoms with Crippen LogP contribution in [0, 0.1) is 0 Å². The van der Waals surface area contributed by atoms with E-state index >= 15 is 0 Å². The number of thioether (sulfide) groups is 1. The van der Waals surface area contributed by atoms with Crippen LogP contribution in [0.1, 0.15) is 18.1 Å². The molecular weight excluding hydrogens is 486 g/mol. The van der Waals surface area contributed by atoms with Crippen LogP contribution in [0.3, 0.4) is 0 Å². The number of halogens is 1. The average Bonchev–Trinajstić information content (AvgIpc) is 3.13. The maximum atomic E-state index is 12.8. The Balaban J connectivity index is 1.42. The maximum Gasteiger partial charge on any atom is 0.293 e. The van der Waals surface area contributed by atoms with E-state index in [0.29, 0.717) is 40.4 Å². The summed E-state index contributed by atoms with van der Waals surface area (Å²) >= 11 is 6.85. The van der Waals surface area contributed by atoms with Crippen LogP contribution in [0.2, 0.25) is 5.02 Å². The molecule has 4 rings (SSSR count). The molecule has 1 heterocycles. The fraction of sp³-hybridized carbons (Fsp3) is 0.185. The topological polar surface area (TPSA) is 65.1 Å². The summed E-state index contributed by atoms with van der Waals surface area (Å²) in [7, 11) is 0. The molecule has 1 fully saturated rings. The number of nitrogens with zero attached hydrogens (tertiary/aromatic N) is 1. The number of carbonyl (C=O) groups excluding carboxylic acids is 2. The van der Waals surface area contributed by atoms with Gasteiger partial charge in [0.1, 0.15) is 19.0 Å². The SMILES string of the molecule is CCOc1cc(/C=C2\SC(=O)N(CCOc3ccccc3)C2=O)ccc1OCc1ccc(Cl)cc1. The summed E-state index contributed by atoms with van der Waals surface area (Å²) in [5.41, 5.74) is 1.71. The molecule has 0 bridgehead atoms. The Labute approximate surface area is 213 Å². The fourth-order valence-corrected chi connectivity index (χ4v) is 4.35. The lowest BCUT2D eigenvalue weighted by Crippen LogP contribution is -2.32. The van der Waals surface area contributed by atoms with Gasteiger partial charge in [-0.25, -0.2) is 0 Å². The Morgan fingerprint density at radius 1 is 0.914 bits per heavy atom. The highest BCUT2D eigenvalue weighted by atomic mass is 35.5.